The maximum atomic E-state index is 11.6. The summed E-state index contributed by atoms with van der Waals surface area (Å²) in [6.07, 6.45) is 6.75. The van der Waals surface area contributed by atoms with Gasteiger partial charge in [0.1, 0.15) is 5.78 Å². The lowest BCUT2D eigenvalue weighted by Crippen LogP contribution is -2.25. The van der Waals surface area contributed by atoms with Crippen LogP contribution < -0.4 is 5.32 Å². The molecule has 0 saturated carbocycles. The monoisotopic (exact) mass is 193 g/mol. The maximum absolute atomic E-state index is 11.6. The van der Waals surface area contributed by atoms with E-state index in [0.29, 0.717) is 24.7 Å². The summed E-state index contributed by atoms with van der Waals surface area (Å²) in [6.45, 7) is 1.06. The van der Waals surface area contributed by atoms with Crippen LogP contribution in [0.1, 0.15) is 24.8 Å². The van der Waals surface area contributed by atoms with Gasteiger partial charge in [-0.3, -0.25) is 4.79 Å². The zero-order valence-corrected chi connectivity index (χ0v) is 8.16. The Bertz CT molecular complexity index is 286. The summed E-state index contributed by atoms with van der Waals surface area (Å²) in [6, 6.07) is 2.26. The molecule has 2 heterocycles. The van der Waals surface area contributed by atoms with Crippen LogP contribution in [0.15, 0.2) is 23.0 Å². The minimum Gasteiger partial charge on any atom is -0.472 e. The molecule has 0 radical (unpaired) electrons. The Morgan fingerprint density at radius 1 is 1.64 bits per heavy atom. The summed E-state index contributed by atoms with van der Waals surface area (Å²) < 4.78 is 4.92. The van der Waals surface area contributed by atoms with Crippen molar-refractivity contribution < 1.29 is 9.21 Å². The number of carbonyl (C=O) groups excluding carboxylic acids is 1. The van der Waals surface area contributed by atoms with Crippen LogP contribution in [0.25, 0.3) is 0 Å². The molecule has 0 bridgehead atoms. The zero-order valence-electron chi connectivity index (χ0n) is 8.16. The Labute approximate surface area is 83.5 Å². The third-order valence-electron chi connectivity index (χ3n) is 2.62. The first kappa shape index (κ1) is 9.46. The summed E-state index contributed by atoms with van der Waals surface area (Å²) in [5, 5.41) is 3.32. The van der Waals surface area contributed by atoms with Crippen LogP contribution in [-0.4, -0.2) is 18.4 Å². The second kappa shape index (κ2) is 4.42. The number of furan rings is 1. The molecule has 14 heavy (non-hydrogen) atoms. The fourth-order valence-corrected chi connectivity index (χ4v) is 1.90. The third-order valence-corrected chi connectivity index (χ3v) is 2.62. The number of carbonyl (C=O) groups is 1. The molecular weight excluding hydrogens is 178 g/mol. The average Bonchev–Trinajstić information content (AvgIpc) is 2.76. The zero-order chi connectivity index (χ0) is 9.80. The molecule has 1 N–H and O–H groups in total. The Kier molecular flexibility index (Phi) is 2.99. The molecule has 1 saturated heterocycles. The Morgan fingerprint density at radius 3 is 3.21 bits per heavy atom. The van der Waals surface area contributed by atoms with Gasteiger partial charge in [0.05, 0.1) is 12.5 Å². The molecule has 0 aromatic carbocycles. The highest BCUT2D eigenvalue weighted by Crippen LogP contribution is 2.11. The average molecular weight is 193 g/mol. The summed E-state index contributed by atoms with van der Waals surface area (Å²) in [5.74, 6) is 0.297. The molecule has 3 nitrogen and oxygen atoms in total. The van der Waals surface area contributed by atoms with E-state index in [0.717, 1.165) is 18.5 Å². The molecule has 2 rings (SSSR count). The second-order valence-corrected chi connectivity index (χ2v) is 3.84. The second-order valence-electron chi connectivity index (χ2n) is 3.84. The van der Waals surface area contributed by atoms with E-state index in [2.05, 4.69) is 5.32 Å². The highest BCUT2D eigenvalue weighted by molar-refractivity contribution is 5.81. The van der Waals surface area contributed by atoms with Gasteiger partial charge in [0.25, 0.3) is 0 Å². The van der Waals surface area contributed by atoms with Gasteiger partial charge >= 0.3 is 0 Å². The van der Waals surface area contributed by atoms with E-state index in [1.54, 1.807) is 12.5 Å². The number of Topliss-reactive ketones (excluding diaryl/α,β-unsaturated/α-hetero) is 1. The van der Waals surface area contributed by atoms with Crippen LogP contribution in [0.3, 0.4) is 0 Å². The lowest BCUT2D eigenvalue weighted by molar-refractivity contribution is -0.118. The molecule has 76 valence electrons. The van der Waals surface area contributed by atoms with Crippen molar-refractivity contribution in [3.05, 3.63) is 24.2 Å². The van der Waals surface area contributed by atoms with Gasteiger partial charge in [-0.05, 0) is 31.0 Å². The van der Waals surface area contributed by atoms with Crippen LogP contribution in [0.2, 0.25) is 0 Å². The fourth-order valence-electron chi connectivity index (χ4n) is 1.90. The summed E-state index contributed by atoms with van der Waals surface area (Å²) in [5.41, 5.74) is 0.980. The molecule has 1 unspecified atom stereocenters. The van der Waals surface area contributed by atoms with Crippen LogP contribution in [-0.2, 0) is 11.2 Å². The number of rotatable bonds is 4. The minimum absolute atomic E-state index is 0.297. The van der Waals surface area contributed by atoms with E-state index in [-0.39, 0.29) is 0 Å². The van der Waals surface area contributed by atoms with Crippen LogP contribution in [0.5, 0.6) is 0 Å². The van der Waals surface area contributed by atoms with Crippen molar-refractivity contribution in [2.75, 3.05) is 6.54 Å². The van der Waals surface area contributed by atoms with E-state index < -0.39 is 0 Å². The number of ketones is 1. The highest BCUT2D eigenvalue weighted by atomic mass is 16.3. The largest absolute Gasteiger partial charge is 0.472 e. The van der Waals surface area contributed by atoms with Gasteiger partial charge in [-0.1, -0.05) is 0 Å². The Balaban J connectivity index is 1.78. The first-order valence-corrected chi connectivity index (χ1v) is 5.11. The van der Waals surface area contributed by atoms with Gasteiger partial charge in [-0.15, -0.1) is 0 Å². The lowest BCUT2D eigenvalue weighted by atomic mass is 10.0. The Hall–Kier alpha value is -1.09. The van der Waals surface area contributed by atoms with Gasteiger partial charge in [0.15, 0.2) is 0 Å². The predicted molar refractivity (Wildman–Crippen MR) is 53.1 cm³/mol. The number of hydrogen-bond donors (Lipinski definition) is 1. The quantitative estimate of drug-likeness (QED) is 0.788. The van der Waals surface area contributed by atoms with Crippen molar-refractivity contribution in [1.82, 2.24) is 5.32 Å². The smallest absolute Gasteiger partial charge is 0.138 e. The molecule has 0 amide bonds. The van der Waals surface area contributed by atoms with Crippen molar-refractivity contribution in [3.8, 4) is 0 Å². The first-order chi connectivity index (χ1) is 6.84. The van der Waals surface area contributed by atoms with Gasteiger partial charge in [-0.25, -0.2) is 0 Å². The Morgan fingerprint density at radius 2 is 2.57 bits per heavy atom. The summed E-state index contributed by atoms with van der Waals surface area (Å²) in [7, 11) is 0. The molecule has 3 heteroatoms. The predicted octanol–water partition coefficient (Wildman–Crippen LogP) is 1.53. The molecule has 1 aliphatic rings. The molecular formula is C11H15NO2. The highest BCUT2D eigenvalue weighted by Gasteiger charge is 2.17. The summed E-state index contributed by atoms with van der Waals surface area (Å²) >= 11 is 0. The van der Waals surface area contributed by atoms with E-state index >= 15 is 0 Å². The van der Waals surface area contributed by atoms with Gasteiger partial charge in [0.2, 0.25) is 0 Å². The normalized spacial score (nSPS) is 21.3. The van der Waals surface area contributed by atoms with Crippen LogP contribution >= 0.6 is 0 Å². The fraction of sp³-hybridized carbons (Fsp3) is 0.545. The molecule has 1 fully saturated rings. The van der Waals surface area contributed by atoms with Gasteiger partial charge < -0.3 is 9.73 Å². The maximum Gasteiger partial charge on any atom is 0.138 e. The van der Waals surface area contributed by atoms with E-state index in [1.165, 1.54) is 6.42 Å². The van der Waals surface area contributed by atoms with Crippen molar-refractivity contribution in [2.45, 2.75) is 31.7 Å². The first-order valence-electron chi connectivity index (χ1n) is 5.11. The van der Waals surface area contributed by atoms with Crippen molar-refractivity contribution in [3.63, 3.8) is 0 Å². The molecule has 1 aromatic heterocycles. The molecule has 0 spiro atoms. The van der Waals surface area contributed by atoms with E-state index in [4.69, 9.17) is 4.42 Å². The number of hydrogen-bond acceptors (Lipinski definition) is 3. The van der Waals surface area contributed by atoms with Crippen molar-refractivity contribution in [1.29, 1.82) is 0 Å². The SMILES string of the molecule is O=C(Cc1ccoc1)CC1CCCN1. The van der Waals surface area contributed by atoms with E-state index in [9.17, 15) is 4.79 Å². The minimum atomic E-state index is 0.297. The summed E-state index contributed by atoms with van der Waals surface area (Å²) in [4.78, 5) is 11.6. The van der Waals surface area contributed by atoms with Gasteiger partial charge in [0, 0.05) is 18.9 Å². The van der Waals surface area contributed by atoms with Gasteiger partial charge in [-0.2, -0.15) is 0 Å². The van der Waals surface area contributed by atoms with E-state index in [1.807, 2.05) is 6.07 Å². The standard InChI is InChI=1S/C11H15NO2/c13-11(6-9-3-5-14-8-9)7-10-2-1-4-12-10/h3,5,8,10,12H,1-2,4,6-7H2. The molecule has 1 aliphatic heterocycles. The third kappa shape index (κ3) is 2.45. The molecule has 1 atom stereocenters. The topological polar surface area (TPSA) is 42.2 Å². The lowest BCUT2D eigenvalue weighted by Gasteiger charge is -2.07. The molecule has 0 aliphatic carbocycles. The van der Waals surface area contributed by atoms with Crippen molar-refractivity contribution >= 4 is 5.78 Å². The van der Waals surface area contributed by atoms with Crippen molar-refractivity contribution in [2.24, 2.45) is 0 Å². The van der Waals surface area contributed by atoms with Crippen LogP contribution in [0.4, 0.5) is 0 Å². The van der Waals surface area contributed by atoms with Crippen LogP contribution in [0, 0.1) is 0 Å². The molecule has 1 aromatic rings. The number of nitrogens with one attached hydrogen (secondary N) is 1.